The Morgan fingerprint density at radius 1 is 0.355 bits per heavy atom. The summed E-state index contributed by atoms with van der Waals surface area (Å²) < 4.78 is 85.9. The van der Waals surface area contributed by atoms with Gasteiger partial charge in [-0.05, 0) is 0 Å². The number of hydrogen-bond donors (Lipinski definition) is 27. The van der Waals surface area contributed by atoms with E-state index >= 15 is 0 Å². The Hall–Kier alpha value is -2.17. The SMILES string of the molecule is O=C(O)[C@@]1(O)C[C@@H](O)[C@@H](O[C@H]2O[C@H](CO[C@@H]3O[C@H](CO)[C@@H](O)[C@H](O)[C@H]3O[C@H]3O[C@H](CO)[C@@H](O[C@@H]4O[C@H](CO)[C@H](O[C@H]5O[C@H](CO)[C@H](O)[C@H](O)[C@H]5O)[C@H](O)[C@H]4O)[C@H](O)[C@H]3O)[C@@H](O[C@@H]3O[C@H](CO)[C@@H](O)[C@H](O)[C@H]3O)[C@H](O[C@@H]3O[C@H](CO)[C@@H](O)[C@H](O)[C@H]3O)[C@H]2O)[C@@H]([C@H](O)CO)O1. The van der Waals surface area contributed by atoms with Crippen molar-refractivity contribution in [3.05, 3.63) is 0 Å². The lowest BCUT2D eigenvalue weighted by Gasteiger charge is -2.51. The molecule has 8 aliphatic rings. The van der Waals surface area contributed by atoms with Gasteiger partial charge in [0.05, 0.1) is 59.0 Å². The molecular weight excluding hydrogens is 1290 g/mol. The molecule has 0 spiro atoms. The number of aliphatic hydroxyl groups excluding tert-OH is 25. The van der Waals surface area contributed by atoms with Crippen molar-refractivity contribution < 1.29 is 214 Å². The van der Waals surface area contributed by atoms with E-state index in [2.05, 4.69) is 0 Å². The van der Waals surface area contributed by atoms with Gasteiger partial charge in [0.2, 0.25) is 0 Å². The average Bonchev–Trinajstić information content (AvgIpc) is 0.791. The van der Waals surface area contributed by atoms with Crippen LogP contribution in [0.5, 0.6) is 0 Å². The number of ether oxygens (including phenoxy) is 15. The zero-order valence-electron chi connectivity index (χ0n) is 48.5. The van der Waals surface area contributed by atoms with Crippen molar-refractivity contribution in [2.24, 2.45) is 0 Å². The molecule has 40 atom stereocenters. The highest BCUT2D eigenvalue weighted by Gasteiger charge is 2.61. The van der Waals surface area contributed by atoms with Crippen LogP contribution >= 0.6 is 0 Å². The minimum Gasteiger partial charge on any atom is -0.477 e. The fourth-order valence-corrected chi connectivity index (χ4v) is 11.8. The molecule has 8 saturated heterocycles. The molecule has 8 aliphatic heterocycles. The molecule has 0 bridgehead atoms. The fourth-order valence-electron chi connectivity index (χ4n) is 11.8. The molecule has 43 nitrogen and oxygen atoms in total. The largest absolute Gasteiger partial charge is 0.477 e. The van der Waals surface area contributed by atoms with Gasteiger partial charge in [-0.1, -0.05) is 0 Å². The van der Waals surface area contributed by atoms with Crippen molar-refractivity contribution in [1.29, 1.82) is 0 Å². The predicted molar refractivity (Wildman–Crippen MR) is 276 cm³/mol. The number of carbonyl (C=O) groups is 1. The molecule has 0 aliphatic carbocycles. The van der Waals surface area contributed by atoms with Crippen molar-refractivity contribution >= 4 is 5.97 Å². The lowest BCUT2D eigenvalue weighted by Crippen LogP contribution is -2.69. The number of aliphatic carboxylic acids is 1. The Kier molecular flexibility index (Phi) is 26.7. The van der Waals surface area contributed by atoms with Crippen LogP contribution in [0.3, 0.4) is 0 Å². The molecule has 0 amide bonds. The topological polar surface area (TPSA) is 702 Å². The first-order valence-electron chi connectivity index (χ1n) is 29.2. The Bertz CT molecular complexity index is 2300. The van der Waals surface area contributed by atoms with E-state index in [9.17, 15) is 143 Å². The van der Waals surface area contributed by atoms with Crippen LogP contribution in [0, 0.1) is 0 Å². The monoisotopic (exact) mass is 1370 g/mol. The second-order valence-electron chi connectivity index (χ2n) is 23.4. The van der Waals surface area contributed by atoms with E-state index < -0.39 is 310 Å². The summed E-state index contributed by atoms with van der Waals surface area (Å²) in [5.41, 5.74) is 0. The summed E-state index contributed by atoms with van der Waals surface area (Å²) in [6, 6.07) is 0. The number of hydrogen-bond acceptors (Lipinski definition) is 42. The van der Waals surface area contributed by atoms with E-state index in [1.165, 1.54) is 0 Å². The van der Waals surface area contributed by atoms with Crippen molar-refractivity contribution in [2.45, 2.75) is 252 Å². The number of rotatable bonds is 24. The summed E-state index contributed by atoms with van der Waals surface area (Å²) in [4.78, 5) is 12.1. The van der Waals surface area contributed by atoms with Gasteiger partial charge in [0, 0.05) is 6.42 Å². The zero-order chi connectivity index (χ0) is 68.6. The highest BCUT2D eigenvalue weighted by atomic mass is 16.8. The van der Waals surface area contributed by atoms with Gasteiger partial charge in [-0.2, -0.15) is 0 Å². The third-order valence-corrected chi connectivity index (χ3v) is 17.2. The second-order valence-corrected chi connectivity index (χ2v) is 23.4. The van der Waals surface area contributed by atoms with Crippen molar-refractivity contribution in [3.8, 4) is 0 Å². The first kappa shape index (κ1) is 76.6. The van der Waals surface area contributed by atoms with Crippen LogP contribution in [0.1, 0.15) is 6.42 Å². The lowest BCUT2D eigenvalue weighted by atomic mass is 9.92. The first-order chi connectivity index (χ1) is 43.9. The Morgan fingerprint density at radius 2 is 0.656 bits per heavy atom. The minimum absolute atomic E-state index is 0.891. The third kappa shape index (κ3) is 15.9. The van der Waals surface area contributed by atoms with Crippen LogP contribution < -0.4 is 0 Å². The number of aliphatic hydroxyl groups is 26. The molecule has 0 aromatic heterocycles. The van der Waals surface area contributed by atoms with Gasteiger partial charge >= 0.3 is 5.97 Å². The highest BCUT2D eigenvalue weighted by molar-refractivity contribution is 5.75. The summed E-state index contributed by atoms with van der Waals surface area (Å²) in [5, 5.41) is 290. The molecule has 0 unspecified atom stereocenters. The summed E-state index contributed by atoms with van der Waals surface area (Å²) in [5.74, 6) is -5.37. The van der Waals surface area contributed by atoms with E-state index in [1.807, 2.05) is 0 Å². The highest BCUT2D eigenvalue weighted by Crippen LogP contribution is 2.40. The molecule has 8 fully saturated rings. The normalized spacial score (nSPS) is 52.1. The Balaban J connectivity index is 1.08. The standard InChI is InChI=1S/C50H84O43/c51-2-11(59)36-35(10(58)1-50(78,93-36)49(76)77)87-47-34(75)40(91-44-31(72)25(66)21(62)14(5-54)82-44)39(90-43-30(71)24(65)20(61)13(4-53)81-43)18(86-47)9-79-48-41(26(67)22(63)15(6-55)83-48)92-46-33(74)28(69)38(17(8-57)85-46)89-45-32(73)27(68)37(16(7-56)84-45)88-42-29(70)23(64)19(60)12(3-52)80-42/h10-48,51-75,78H,1-9H2,(H,76,77)/t10-,11-,12-,13-,14-,15-,16-,17-,18-,19+,20-,21-,22-,23+,24+,25+,26+,27-,28-,29-,30-,31-,32-,33-,34-,35-,36-,37+,38-,39-,40-,41-,42-,43+,44+,45+,46-,47-,48-,50-/m1/s1. The lowest BCUT2D eigenvalue weighted by molar-refractivity contribution is -0.407. The maximum atomic E-state index is 12.3. The molecule has 0 aromatic carbocycles. The maximum Gasteiger partial charge on any atom is 0.364 e. The van der Waals surface area contributed by atoms with E-state index in [0.717, 1.165) is 0 Å². The molecule has 0 radical (unpaired) electrons. The smallest absolute Gasteiger partial charge is 0.364 e. The second kappa shape index (κ2) is 32.4. The van der Waals surface area contributed by atoms with Crippen LogP contribution in [0.15, 0.2) is 0 Å². The van der Waals surface area contributed by atoms with Crippen LogP contribution in [0.2, 0.25) is 0 Å². The maximum absolute atomic E-state index is 12.3. The molecule has 8 heterocycles. The number of carboxylic acid groups (broad SMARTS) is 1. The quantitative estimate of drug-likeness (QED) is 0.0427. The summed E-state index contributed by atoms with van der Waals surface area (Å²) in [7, 11) is 0. The van der Waals surface area contributed by atoms with Gasteiger partial charge in [0.15, 0.2) is 44.0 Å². The van der Waals surface area contributed by atoms with Gasteiger partial charge < -0.3 is 209 Å². The summed E-state index contributed by atoms with van der Waals surface area (Å²) in [6.07, 6.45) is -84.2. The molecule has 27 N–H and O–H groups in total. The molecule has 0 saturated carbocycles. The van der Waals surface area contributed by atoms with Gasteiger partial charge in [-0.25, -0.2) is 4.79 Å². The predicted octanol–water partition coefficient (Wildman–Crippen LogP) is -18.6. The summed E-state index contributed by atoms with van der Waals surface area (Å²) in [6.45, 7) is -8.90. The van der Waals surface area contributed by atoms with Gasteiger partial charge in [0.25, 0.3) is 5.79 Å². The van der Waals surface area contributed by atoms with E-state index in [0.29, 0.717) is 0 Å². The molecule has 542 valence electrons. The van der Waals surface area contributed by atoms with Crippen molar-refractivity contribution in [1.82, 2.24) is 0 Å². The first-order valence-corrected chi connectivity index (χ1v) is 29.2. The Labute approximate surface area is 523 Å². The van der Waals surface area contributed by atoms with Gasteiger partial charge in [0.1, 0.15) is 189 Å². The Morgan fingerprint density at radius 3 is 1.04 bits per heavy atom. The van der Waals surface area contributed by atoms with Crippen LogP contribution in [-0.4, -0.2) is 442 Å². The van der Waals surface area contributed by atoms with Crippen molar-refractivity contribution in [3.63, 3.8) is 0 Å². The van der Waals surface area contributed by atoms with Crippen molar-refractivity contribution in [2.75, 3.05) is 52.9 Å². The van der Waals surface area contributed by atoms with E-state index in [-0.39, 0.29) is 0 Å². The zero-order valence-corrected chi connectivity index (χ0v) is 48.5. The van der Waals surface area contributed by atoms with E-state index in [1.54, 1.807) is 0 Å². The van der Waals surface area contributed by atoms with Crippen LogP contribution in [0.25, 0.3) is 0 Å². The minimum atomic E-state index is -3.27. The van der Waals surface area contributed by atoms with Crippen LogP contribution in [0.4, 0.5) is 0 Å². The third-order valence-electron chi connectivity index (χ3n) is 17.2. The molecule has 8 rings (SSSR count). The van der Waals surface area contributed by atoms with E-state index in [4.69, 9.17) is 71.1 Å². The van der Waals surface area contributed by atoms with Gasteiger partial charge in [-0.15, -0.1) is 0 Å². The van der Waals surface area contributed by atoms with Gasteiger partial charge in [-0.3, -0.25) is 0 Å². The average molecular weight is 1370 g/mol. The molecule has 0 aromatic rings. The fraction of sp³-hybridized carbons (Fsp3) is 0.980. The molecule has 93 heavy (non-hydrogen) atoms. The number of carboxylic acids is 1. The summed E-state index contributed by atoms with van der Waals surface area (Å²) >= 11 is 0. The molecular formula is C50H84O43. The van der Waals surface area contributed by atoms with Crippen LogP contribution in [-0.2, 0) is 75.8 Å². The molecule has 43 heteroatoms.